The second-order valence-corrected chi connectivity index (χ2v) is 5.69. The molecule has 4 nitrogen and oxygen atoms in total. The number of hydrogen-bond acceptors (Lipinski definition) is 3. The van der Waals surface area contributed by atoms with Gasteiger partial charge in [0.25, 0.3) is 0 Å². The van der Waals surface area contributed by atoms with Crippen LogP contribution in [0.25, 0.3) is 0 Å². The zero-order valence-electron chi connectivity index (χ0n) is 11.8. The first-order valence-corrected chi connectivity index (χ1v) is 6.66. The van der Waals surface area contributed by atoms with Crippen molar-refractivity contribution in [1.29, 1.82) is 0 Å². The van der Waals surface area contributed by atoms with Gasteiger partial charge in [0.2, 0.25) is 5.91 Å². The first-order valence-electron chi connectivity index (χ1n) is 6.66. The number of nitrogens with one attached hydrogen (secondary N) is 2. The summed E-state index contributed by atoms with van der Waals surface area (Å²) in [5, 5.41) is 6.15. The van der Waals surface area contributed by atoms with Crippen molar-refractivity contribution in [2.75, 3.05) is 26.7 Å². The van der Waals surface area contributed by atoms with Crippen LogP contribution in [-0.2, 0) is 10.2 Å². The average molecular weight is 262 g/mol. The van der Waals surface area contributed by atoms with E-state index in [-0.39, 0.29) is 17.2 Å². The highest BCUT2D eigenvalue weighted by Gasteiger charge is 2.27. The smallest absolute Gasteiger partial charge is 0.225 e. The molecule has 0 unspecified atom stereocenters. The van der Waals surface area contributed by atoms with Crippen LogP contribution in [0.5, 0.6) is 5.75 Å². The highest BCUT2D eigenvalue weighted by atomic mass is 16.5. The molecule has 1 aliphatic rings. The Morgan fingerprint density at radius 1 is 1.37 bits per heavy atom. The lowest BCUT2D eigenvalue weighted by Crippen LogP contribution is -2.52. The third-order valence-corrected chi connectivity index (χ3v) is 3.73. The molecule has 0 radical (unpaired) electrons. The molecule has 0 saturated carbocycles. The van der Waals surface area contributed by atoms with Gasteiger partial charge in [-0.2, -0.15) is 0 Å². The molecular weight excluding hydrogens is 240 g/mol. The molecular formula is C15H22N2O2. The molecule has 1 amide bonds. The molecule has 4 heteroatoms. The van der Waals surface area contributed by atoms with Gasteiger partial charge in [-0.15, -0.1) is 0 Å². The summed E-state index contributed by atoms with van der Waals surface area (Å²) in [5.41, 5.74) is 1.11. The lowest BCUT2D eigenvalue weighted by molar-refractivity contribution is -0.126. The van der Waals surface area contributed by atoms with E-state index in [1.807, 2.05) is 12.1 Å². The Balaban J connectivity index is 1.94. The third-order valence-electron chi connectivity index (χ3n) is 3.73. The fourth-order valence-electron chi connectivity index (χ4n) is 2.07. The van der Waals surface area contributed by atoms with E-state index in [4.69, 9.17) is 4.74 Å². The average Bonchev–Trinajstić information content (AvgIpc) is 2.34. The minimum absolute atomic E-state index is 0.0842. The van der Waals surface area contributed by atoms with Gasteiger partial charge in [-0.25, -0.2) is 0 Å². The quantitative estimate of drug-likeness (QED) is 0.841. The Kier molecular flexibility index (Phi) is 4.10. The molecule has 1 heterocycles. The molecule has 104 valence electrons. The summed E-state index contributed by atoms with van der Waals surface area (Å²) < 4.78 is 5.16. The van der Waals surface area contributed by atoms with E-state index < -0.39 is 0 Å². The summed E-state index contributed by atoms with van der Waals surface area (Å²) in [5.74, 6) is 1.15. The van der Waals surface area contributed by atoms with Crippen LogP contribution in [0.3, 0.4) is 0 Å². The van der Waals surface area contributed by atoms with Crippen molar-refractivity contribution >= 4 is 5.91 Å². The number of carbonyl (C=O) groups excluding carboxylic acids is 1. The van der Waals surface area contributed by atoms with Crippen LogP contribution in [0.1, 0.15) is 19.4 Å². The molecule has 0 aromatic heterocycles. The molecule has 0 aliphatic carbocycles. The Hall–Kier alpha value is -1.55. The SMILES string of the molecule is COc1ccc(C(C)(C)CNC(=O)C2CNC2)cc1. The molecule has 2 N–H and O–H groups in total. The molecule has 1 aliphatic heterocycles. The van der Waals surface area contributed by atoms with Crippen LogP contribution in [0.15, 0.2) is 24.3 Å². The number of carbonyl (C=O) groups is 1. The fourth-order valence-corrected chi connectivity index (χ4v) is 2.07. The van der Waals surface area contributed by atoms with Gasteiger partial charge in [0.05, 0.1) is 13.0 Å². The third kappa shape index (κ3) is 3.26. The molecule has 1 aromatic rings. The summed E-state index contributed by atoms with van der Waals surface area (Å²) in [6.45, 7) is 6.51. The van der Waals surface area contributed by atoms with Crippen molar-refractivity contribution in [2.24, 2.45) is 5.92 Å². The Morgan fingerprint density at radius 2 is 2.00 bits per heavy atom. The van der Waals surface area contributed by atoms with E-state index in [1.54, 1.807) is 7.11 Å². The number of amides is 1. The normalized spacial score (nSPS) is 15.7. The van der Waals surface area contributed by atoms with Crippen LogP contribution >= 0.6 is 0 Å². The Morgan fingerprint density at radius 3 is 2.47 bits per heavy atom. The van der Waals surface area contributed by atoms with E-state index in [0.717, 1.165) is 18.8 Å². The highest BCUT2D eigenvalue weighted by molar-refractivity contribution is 5.80. The Labute approximate surface area is 114 Å². The predicted octanol–water partition coefficient (Wildman–Crippen LogP) is 1.31. The molecule has 1 fully saturated rings. The van der Waals surface area contributed by atoms with E-state index in [1.165, 1.54) is 5.56 Å². The van der Waals surface area contributed by atoms with Gasteiger partial charge in [-0.3, -0.25) is 4.79 Å². The topological polar surface area (TPSA) is 50.4 Å². The van der Waals surface area contributed by atoms with Crippen LogP contribution in [0.4, 0.5) is 0 Å². The molecule has 0 atom stereocenters. The van der Waals surface area contributed by atoms with E-state index in [0.29, 0.717) is 6.54 Å². The van der Waals surface area contributed by atoms with Gasteiger partial charge in [-0.05, 0) is 17.7 Å². The highest BCUT2D eigenvalue weighted by Crippen LogP contribution is 2.24. The van der Waals surface area contributed by atoms with Crippen LogP contribution < -0.4 is 15.4 Å². The molecule has 1 saturated heterocycles. The minimum atomic E-state index is -0.0842. The van der Waals surface area contributed by atoms with E-state index in [9.17, 15) is 4.79 Å². The second kappa shape index (κ2) is 5.61. The lowest BCUT2D eigenvalue weighted by atomic mass is 9.84. The maximum absolute atomic E-state index is 11.8. The summed E-state index contributed by atoms with van der Waals surface area (Å²) >= 11 is 0. The number of benzene rings is 1. The molecule has 19 heavy (non-hydrogen) atoms. The Bertz CT molecular complexity index is 436. The summed E-state index contributed by atoms with van der Waals surface area (Å²) in [6.07, 6.45) is 0. The molecule has 1 aromatic carbocycles. The fraction of sp³-hybridized carbons (Fsp3) is 0.533. The van der Waals surface area contributed by atoms with Gasteiger partial charge >= 0.3 is 0 Å². The second-order valence-electron chi connectivity index (χ2n) is 5.69. The maximum Gasteiger partial charge on any atom is 0.225 e. The van der Waals surface area contributed by atoms with Gasteiger partial charge < -0.3 is 15.4 Å². The largest absolute Gasteiger partial charge is 0.497 e. The summed E-state index contributed by atoms with van der Waals surface area (Å²) in [6, 6.07) is 8.01. The maximum atomic E-state index is 11.8. The van der Waals surface area contributed by atoms with Crippen molar-refractivity contribution in [3.63, 3.8) is 0 Å². The molecule has 0 spiro atoms. The summed E-state index contributed by atoms with van der Waals surface area (Å²) in [7, 11) is 1.66. The number of hydrogen-bond donors (Lipinski definition) is 2. The summed E-state index contributed by atoms with van der Waals surface area (Å²) in [4.78, 5) is 11.8. The van der Waals surface area contributed by atoms with Gasteiger partial charge in [-0.1, -0.05) is 26.0 Å². The number of ether oxygens (including phenoxy) is 1. The van der Waals surface area contributed by atoms with Crippen LogP contribution in [0.2, 0.25) is 0 Å². The van der Waals surface area contributed by atoms with Crippen molar-refractivity contribution in [2.45, 2.75) is 19.3 Å². The van der Waals surface area contributed by atoms with Gasteiger partial charge in [0.1, 0.15) is 5.75 Å². The molecule has 0 bridgehead atoms. The van der Waals surface area contributed by atoms with Crippen LogP contribution in [-0.4, -0.2) is 32.7 Å². The number of methoxy groups -OCH3 is 1. The monoisotopic (exact) mass is 262 g/mol. The van der Waals surface area contributed by atoms with Gasteiger partial charge in [0.15, 0.2) is 0 Å². The van der Waals surface area contributed by atoms with Crippen molar-refractivity contribution in [1.82, 2.24) is 10.6 Å². The van der Waals surface area contributed by atoms with Crippen molar-refractivity contribution in [3.05, 3.63) is 29.8 Å². The van der Waals surface area contributed by atoms with Crippen LogP contribution in [0, 0.1) is 5.92 Å². The minimum Gasteiger partial charge on any atom is -0.497 e. The number of rotatable bonds is 5. The first-order chi connectivity index (χ1) is 9.03. The zero-order chi connectivity index (χ0) is 13.9. The van der Waals surface area contributed by atoms with Gasteiger partial charge in [0, 0.05) is 25.0 Å². The lowest BCUT2D eigenvalue weighted by Gasteiger charge is -2.30. The zero-order valence-corrected chi connectivity index (χ0v) is 11.8. The first kappa shape index (κ1) is 13.9. The molecule has 2 rings (SSSR count). The standard InChI is InChI=1S/C15H22N2O2/c1-15(2,10-17-14(18)11-8-16-9-11)12-4-6-13(19-3)7-5-12/h4-7,11,16H,8-10H2,1-3H3,(H,17,18). The van der Waals surface area contributed by atoms with E-state index >= 15 is 0 Å². The van der Waals surface area contributed by atoms with Crippen molar-refractivity contribution < 1.29 is 9.53 Å². The predicted molar refractivity (Wildman–Crippen MR) is 75.4 cm³/mol. The van der Waals surface area contributed by atoms with E-state index in [2.05, 4.69) is 36.6 Å². The van der Waals surface area contributed by atoms with Crippen molar-refractivity contribution in [3.8, 4) is 5.75 Å².